The van der Waals surface area contributed by atoms with E-state index >= 15 is 0 Å². The number of phenolic OH excluding ortho intramolecular Hbond substituents is 1. The number of phenols is 1. The smallest absolute Gasteiger partial charge is 0.0142 e. The van der Waals surface area contributed by atoms with Gasteiger partial charge in [-0.05, 0) is 20.1 Å². The Bertz CT molecular complexity index is 339. The van der Waals surface area contributed by atoms with Crippen LogP contribution in [0, 0.1) is 13.0 Å². The molecule has 0 unspecified atom stereocenters. The molecule has 1 radical (unpaired) electrons. The number of benzene rings is 1. The van der Waals surface area contributed by atoms with Crippen LogP contribution in [-0.4, -0.2) is 43.2 Å². The summed E-state index contributed by atoms with van der Waals surface area (Å²) in [5.41, 5.74) is 1.87. The van der Waals surface area contributed by atoms with E-state index in [9.17, 15) is 5.11 Å². The molecule has 1 heterocycles. The second-order valence-electron chi connectivity index (χ2n) is 4.34. The van der Waals surface area contributed by atoms with Crippen molar-refractivity contribution in [1.29, 1.82) is 0 Å². The number of aromatic hydroxyl groups is 1. The summed E-state index contributed by atoms with van der Waals surface area (Å²) in [5, 5.41) is 13.6. The average molecular weight is 323 g/mol. The van der Waals surface area contributed by atoms with Gasteiger partial charge in [-0.3, -0.25) is 0 Å². The Morgan fingerprint density at radius 2 is 1.94 bits per heavy atom. The van der Waals surface area contributed by atoms with Crippen molar-refractivity contribution in [2.45, 2.75) is 20.3 Å². The maximum Gasteiger partial charge on any atom is 0.0142 e. The third-order valence-corrected chi connectivity index (χ3v) is 2.90. The monoisotopic (exact) mass is 323 g/mol. The zero-order chi connectivity index (χ0) is 12.7. The number of hydrogen-bond donors (Lipinski definition) is 1. The van der Waals surface area contributed by atoms with E-state index in [0.717, 1.165) is 43.7 Å². The molecule has 1 aliphatic heterocycles. The van der Waals surface area contributed by atoms with Crippen LogP contribution in [0.2, 0.25) is 0 Å². The zero-order valence-corrected chi connectivity index (χ0v) is 14.4. The fraction of sp³-hybridized carbons (Fsp3) is 0.571. The van der Waals surface area contributed by atoms with Gasteiger partial charge >= 0.3 is 0 Å². The second-order valence-corrected chi connectivity index (χ2v) is 4.34. The molecular weight excluding hydrogens is 301 g/mol. The van der Waals surface area contributed by atoms with Crippen LogP contribution in [0.25, 0.3) is 5.32 Å². The number of nitrogens with zero attached hydrogens (tertiary/aromatic N) is 2. The van der Waals surface area contributed by atoms with Gasteiger partial charge in [-0.2, -0.15) is 18.2 Å². The van der Waals surface area contributed by atoms with Gasteiger partial charge in [-0.25, -0.2) is 0 Å². The topological polar surface area (TPSA) is 37.6 Å². The fourth-order valence-electron chi connectivity index (χ4n) is 1.63. The quantitative estimate of drug-likeness (QED) is 0.806. The van der Waals surface area contributed by atoms with Crippen molar-refractivity contribution in [2.75, 3.05) is 33.2 Å². The number of hydrogen-bond acceptors (Lipinski definition) is 2. The standard InChI is InChI=1S/C9H11O.C5H11N2.Y/c1-3-8-6-4-5-7(2)9(8)10;1-7-4-2-6-3-5-7;/h5-6,10H,3H2,1-2H3;2-5H2,1H3;/q2*-1;. The van der Waals surface area contributed by atoms with Crippen LogP contribution in [0.5, 0.6) is 5.75 Å². The molecule has 0 amide bonds. The van der Waals surface area contributed by atoms with Gasteiger partial charge < -0.3 is 15.3 Å². The van der Waals surface area contributed by atoms with Gasteiger partial charge in [-0.1, -0.05) is 20.3 Å². The Kier molecular flexibility index (Phi) is 9.93. The Hall–Kier alpha value is 0.0439. The van der Waals surface area contributed by atoms with Crippen LogP contribution < -0.4 is 0 Å². The molecular formula is C14H22N2OY-2. The van der Waals surface area contributed by atoms with Crippen molar-refractivity contribution in [3.05, 3.63) is 34.6 Å². The Balaban J connectivity index is 0.000000321. The van der Waals surface area contributed by atoms with E-state index < -0.39 is 0 Å². The van der Waals surface area contributed by atoms with Gasteiger partial charge in [-0.15, -0.1) is 24.2 Å². The number of aryl methyl sites for hydroxylation is 2. The molecule has 0 aromatic heterocycles. The maximum absolute atomic E-state index is 9.38. The maximum atomic E-state index is 9.38. The fourth-order valence-corrected chi connectivity index (χ4v) is 1.63. The summed E-state index contributed by atoms with van der Waals surface area (Å²) in [7, 11) is 2.13. The summed E-state index contributed by atoms with van der Waals surface area (Å²) in [6.07, 6.45) is 0.865. The summed E-state index contributed by atoms with van der Waals surface area (Å²) >= 11 is 0. The molecule has 99 valence electrons. The van der Waals surface area contributed by atoms with E-state index in [4.69, 9.17) is 0 Å². The minimum Gasteiger partial charge on any atom is -0.660 e. The number of likely N-dealkylation sites (N-methyl/N-ethyl adjacent to an activating group) is 1. The minimum atomic E-state index is 0. The number of piperazine rings is 1. The summed E-state index contributed by atoms with van der Waals surface area (Å²) in [4.78, 5) is 2.30. The van der Waals surface area contributed by atoms with Crippen LogP contribution in [0.1, 0.15) is 18.1 Å². The molecule has 2 rings (SSSR count). The molecule has 4 heteroatoms. The minimum absolute atomic E-state index is 0. The Morgan fingerprint density at radius 3 is 2.33 bits per heavy atom. The third-order valence-electron chi connectivity index (χ3n) is 2.90. The molecule has 1 fully saturated rings. The molecule has 1 aliphatic rings. The van der Waals surface area contributed by atoms with Gasteiger partial charge in [0.1, 0.15) is 0 Å². The van der Waals surface area contributed by atoms with Crippen molar-refractivity contribution in [2.24, 2.45) is 0 Å². The Morgan fingerprint density at radius 1 is 1.33 bits per heavy atom. The first-order chi connectivity index (χ1) is 8.15. The molecule has 0 bridgehead atoms. The first kappa shape index (κ1) is 18.0. The van der Waals surface area contributed by atoms with Crippen LogP contribution in [0.15, 0.2) is 12.1 Å². The van der Waals surface area contributed by atoms with Crippen molar-refractivity contribution in [3.8, 4) is 5.75 Å². The van der Waals surface area contributed by atoms with Crippen LogP contribution >= 0.6 is 0 Å². The summed E-state index contributed by atoms with van der Waals surface area (Å²) < 4.78 is 0. The van der Waals surface area contributed by atoms with E-state index in [1.807, 2.05) is 19.9 Å². The van der Waals surface area contributed by atoms with Gasteiger partial charge in [0.15, 0.2) is 0 Å². The first-order valence-corrected chi connectivity index (χ1v) is 6.15. The van der Waals surface area contributed by atoms with E-state index in [2.05, 4.69) is 23.3 Å². The third kappa shape index (κ3) is 6.28. The van der Waals surface area contributed by atoms with Gasteiger partial charge in [0.25, 0.3) is 0 Å². The SMILES string of the molecule is CCc1c[c-]cc(C)c1O.CN1CC[N-]CC1.[Y]. The summed E-state index contributed by atoms with van der Waals surface area (Å²) in [6, 6.07) is 6.57. The summed E-state index contributed by atoms with van der Waals surface area (Å²) in [6.45, 7) is 8.28. The molecule has 18 heavy (non-hydrogen) atoms. The molecule has 1 aromatic carbocycles. The van der Waals surface area contributed by atoms with Crippen LogP contribution in [0.4, 0.5) is 0 Å². The molecule has 1 saturated heterocycles. The van der Waals surface area contributed by atoms with E-state index in [1.54, 1.807) is 6.07 Å². The van der Waals surface area contributed by atoms with E-state index in [0.29, 0.717) is 5.75 Å². The molecule has 1 aromatic rings. The molecule has 0 spiro atoms. The molecule has 0 atom stereocenters. The van der Waals surface area contributed by atoms with Crippen LogP contribution in [-0.2, 0) is 39.1 Å². The van der Waals surface area contributed by atoms with Gasteiger partial charge in [0, 0.05) is 38.5 Å². The summed E-state index contributed by atoms with van der Waals surface area (Å²) in [5.74, 6) is 0.418. The van der Waals surface area contributed by atoms with Crippen molar-refractivity contribution in [3.63, 3.8) is 0 Å². The molecule has 0 saturated carbocycles. The van der Waals surface area contributed by atoms with E-state index in [-0.39, 0.29) is 32.7 Å². The first-order valence-electron chi connectivity index (χ1n) is 6.15. The Labute approximate surface area is 136 Å². The van der Waals surface area contributed by atoms with Crippen molar-refractivity contribution >= 4 is 0 Å². The predicted octanol–water partition coefficient (Wildman–Crippen LogP) is 2.37. The average Bonchev–Trinajstić information content (AvgIpc) is 2.34. The predicted molar refractivity (Wildman–Crippen MR) is 71.6 cm³/mol. The van der Waals surface area contributed by atoms with Crippen LogP contribution in [0.3, 0.4) is 0 Å². The van der Waals surface area contributed by atoms with E-state index in [1.165, 1.54) is 0 Å². The molecule has 1 N–H and O–H groups in total. The molecule has 0 aliphatic carbocycles. The second kappa shape index (κ2) is 9.91. The van der Waals surface area contributed by atoms with Gasteiger partial charge in [0.2, 0.25) is 0 Å². The van der Waals surface area contributed by atoms with Crippen molar-refractivity contribution in [1.82, 2.24) is 4.90 Å². The number of rotatable bonds is 1. The normalized spacial score (nSPS) is 15.3. The molecule has 3 nitrogen and oxygen atoms in total. The zero-order valence-electron chi connectivity index (χ0n) is 11.6. The van der Waals surface area contributed by atoms with Gasteiger partial charge in [0.05, 0.1) is 0 Å². The largest absolute Gasteiger partial charge is 0.660 e. The van der Waals surface area contributed by atoms with Crippen molar-refractivity contribution < 1.29 is 37.8 Å².